The molecule has 0 aliphatic carbocycles. The van der Waals surface area contributed by atoms with Crippen molar-refractivity contribution < 1.29 is 23.8 Å². The summed E-state index contributed by atoms with van der Waals surface area (Å²) in [5.74, 6) is 1.15. The summed E-state index contributed by atoms with van der Waals surface area (Å²) in [4.78, 5) is 31.6. The standard InChI is InChI=1S/C28H32N2O5S/c1-20-6-4-5-7-25(20)35-19-24-23-13-17-36-26(23)12-14-30(24)27(31)18-29(15-16-33-2)28(32)21-8-10-22(34-3)11-9-21/h4-11,13,17,24H,12,14-16,18-19H2,1-3H3/t24-/m0/s1. The summed E-state index contributed by atoms with van der Waals surface area (Å²) in [5, 5.41) is 2.07. The highest BCUT2D eigenvalue weighted by Crippen LogP contribution is 2.34. The minimum Gasteiger partial charge on any atom is -0.497 e. The van der Waals surface area contributed by atoms with Gasteiger partial charge in [0.15, 0.2) is 0 Å². The van der Waals surface area contributed by atoms with Gasteiger partial charge in [0.2, 0.25) is 5.91 Å². The molecule has 4 rings (SSSR count). The van der Waals surface area contributed by atoms with E-state index in [4.69, 9.17) is 14.2 Å². The van der Waals surface area contributed by atoms with Gasteiger partial charge in [-0.1, -0.05) is 18.2 Å². The maximum absolute atomic E-state index is 13.6. The van der Waals surface area contributed by atoms with Crippen LogP contribution < -0.4 is 9.47 Å². The lowest BCUT2D eigenvalue weighted by molar-refractivity contribution is -0.135. The van der Waals surface area contributed by atoms with E-state index in [-0.39, 0.29) is 24.4 Å². The van der Waals surface area contributed by atoms with E-state index in [1.807, 2.05) is 36.1 Å². The van der Waals surface area contributed by atoms with Crippen LogP contribution in [-0.2, 0) is 16.0 Å². The van der Waals surface area contributed by atoms with Crippen molar-refractivity contribution in [1.82, 2.24) is 9.80 Å². The molecule has 8 heteroatoms. The monoisotopic (exact) mass is 508 g/mol. The average molecular weight is 509 g/mol. The Morgan fingerprint density at radius 1 is 1.08 bits per heavy atom. The fourth-order valence-electron chi connectivity index (χ4n) is 4.39. The summed E-state index contributed by atoms with van der Waals surface area (Å²) in [6.45, 7) is 3.56. The van der Waals surface area contributed by atoms with Crippen molar-refractivity contribution in [3.05, 3.63) is 81.5 Å². The Labute approximate surface area is 216 Å². The Kier molecular flexibility index (Phi) is 8.61. The van der Waals surface area contributed by atoms with Crippen LogP contribution in [0.2, 0.25) is 0 Å². The third-order valence-electron chi connectivity index (χ3n) is 6.42. The van der Waals surface area contributed by atoms with Crippen molar-refractivity contribution in [2.24, 2.45) is 0 Å². The molecule has 2 aromatic carbocycles. The molecule has 1 atom stereocenters. The molecule has 3 aromatic rings. The summed E-state index contributed by atoms with van der Waals surface area (Å²) in [6.07, 6.45) is 0.796. The van der Waals surface area contributed by atoms with Crippen molar-refractivity contribution in [1.29, 1.82) is 0 Å². The van der Waals surface area contributed by atoms with Gasteiger partial charge in [0.25, 0.3) is 5.91 Å². The van der Waals surface area contributed by atoms with Crippen molar-refractivity contribution in [3.8, 4) is 11.5 Å². The van der Waals surface area contributed by atoms with E-state index in [1.54, 1.807) is 54.7 Å². The Morgan fingerprint density at radius 3 is 2.58 bits per heavy atom. The highest BCUT2D eigenvalue weighted by atomic mass is 32.1. The number of rotatable bonds is 10. The molecule has 0 unspecified atom stereocenters. The smallest absolute Gasteiger partial charge is 0.254 e. The van der Waals surface area contributed by atoms with Crippen LogP contribution in [0.25, 0.3) is 0 Å². The molecule has 190 valence electrons. The Morgan fingerprint density at radius 2 is 1.86 bits per heavy atom. The quantitative estimate of drug-likeness (QED) is 0.407. The first kappa shape index (κ1) is 25.7. The van der Waals surface area contributed by atoms with Gasteiger partial charge in [-0.25, -0.2) is 0 Å². The SMILES string of the molecule is COCCN(CC(=O)N1CCc2sccc2[C@@H]1COc1ccccc1C)C(=O)c1ccc(OC)cc1. The summed E-state index contributed by atoms with van der Waals surface area (Å²) in [6, 6.07) is 16.6. The summed E-state index contributed by atoms with van der Waals surface area (Å²) < 4.78 is 16.6. The highest BCUT2D eigenvalue weighted by Gasteiger charge is 2.33. The van der Waals surface area contributed by atoms with E-state index in [1.165, 1.54) is 4.88 Å². The lowest BCUT2D eigenvalue weighted by Crippen LogP contribution is -2.48. The number of hydrogen-bond acceptors (Lipinski definition) is 6. The topological polar surface area (TPSA) is 68.3 Å². The fourth-order valence-corrected chi connectivity index (χ4v) is 5.31. The van der Waals surface area contributed by atoms with Crippen LogP contribution in [0.3, 0.4) is 0 Å². The number of para-hydroxylation sites is 1. The zero-order valence-corrected chi connectivity index (χ0v) is 21.8. The molecule has 1 aliphatic heterocycles. The third-order valence-corrected chi connectivity index (χ3v) is 7.42. The van der Waals surface area contributed by atoms with E-state index in [2.05, 4.69) is 11.4 Å². The van der Waals surface area contributed by atoms with Gasteiger partial charge in [-0.3, -0.25) is 9.59 Å². The molecule has 2 heterocycles. The van der Waals surface area contributed by atoms with E-state index >= 15 is 0 Å². The van der Waals surface area contributed by atoms with Gasteiger partial charge in [-0.2, -0.15) is 0 Å². The second-order valence-electron chi connectivity index (χ2n) is 8.68. The minimum absolute atomic E-state index is 0.0332. The van der Waals surface area contributed by atoms with Gasteiger partial charge in [0.1, 0.15) is 24.7 Å². The zero-order valence-electron chi connectivity index (χ0n) is 20.9. The molecular formula is C28H32N2O5S. The second-order valence-corrected chi connectivity index (χ2v) is 9.68. The number of methoxy groups -OCH3 is 2. The van der Waals surface area contributed by atoms with Gasteiger partial charge < -0.3 is 24.0 Å². The van der Waals surface area contributed by atoms with Crippen LogP contribution >= 0.6 is 11.3 Å². The lowest BCUT2D eigenvalue weighted by Gasteiger charge is -2.37. The van der Waals surface area contributed by atoms with E-state index < -0.39 is 0 Å². The Bertz CT molecular complexity index is 1180. The summed E-state index contributed by atoms with van der Waals surface area (Å²) in [5.41, 5.74) is 2.67. The Balaban J connectivity index is 1.52. The van der Waals surface area contributed by atoms with Crippen molar-refractivity contribution in [2.75, 3.05) is 47.1 Å². The molecule has 1 aliphatic rings. The number of carbonyl (C=O) groups is 2. The lowest BCUT2D eigenvalue weighted by atomic mass is 10.00. The number of thiophene rings is 1. The van der Waals surface area contributed by atoms with Crippen LogP contribution in [0.15, 0.2) is 60.0 Å². The van der Waals surface area contributed by atoms with Gasteiger partial charge in [-0.05, 0) is 66.2 Å². The molecule has 1 aromatic heterocycles. The number of hydrogen-bond donors (Lipinski definition) is 0. The van der Waals surface area contributed by atoms with Crippen molar-refractivity contribution in [3.63, 3.8) is 0 Å². The molecular weight excluding hydrogens is 476 g/mol. The van der Waals surface area contributed by atoms with Gasteiger partial charge in [0.05, 0.1) is 19.8 Å². The molecule has 7 nitrogen and oxygen atoms in total. The molecule has 0 spiro atoms. The van der Waals surface area contributed by atoms with Gasteiger partial charge in [-0.15, -0.1) is 11.3 Å². The van der Waals surface area contributed by atoms with Crippen LogP contribution in [-0.4, -0.2) is 68.7 Å². The van der Waals surface area contributed by atoms with Crippen LogP contribution in [0.1, 0.15) is 32.4 Å². The predicted octanol–water partition coefficient (Wildman–Crippen LogP) is 4.36. The first-order valence-electron chi connectivity index (χ1n) is 12.0. The van der Waals surface area contributed by atoms with Gasteiger partial charge >= 0.3 is 0 Å². The number of nitrogens with zero attached hydrogens (tertiary/aromatic N) is 2. The number of carbonyl (C=O) groups excluding carboxylic acids is 2. The van der Waals surface area contributed by atoms with Crippen LogP contribution in [0.4, 0.5) is 0 Å². The first-order chi connectivity index (χ1) is 17.5. The second kappa shape index (κ2) is 12.1. The highest BCUT2D eigenvalue weighted by molar-refractivity contribution is 7.10. The van der Waals surface area contributed by atoms with Crippen LogP contribution in [0, 0.1) is 6.92 Å². The van der Waals surface area contributed by atoms with Crippen molar-refractivity contribution >= 4 is 23.2 Å². The average Bonchev–Trinajstić information content (AvgIpc) is 3.39. The normalized spacial score (nSPS) is 14.8. The van der Waals surface area contributed by atoms with E-state index in [0.717, 1.165) is 23.3 Å². The van der Waals surface area contributed by atoms with E-state index in [9.17, 15) is 9.59 Å². The molecule has 0 N–H and O–H groups in total. The summed E-state index contributed by atoms with van der Waals surface area (Å²) >= 11 is 1.71. The predicted molar refractivity (Wildman–Crippen MR) is 140 cm³/mol. The molecule has 0 radical (unpaired) electrons. The third kappa shape index (κ3) is 5.88. The maximum atomic E-state index is 13.6. The number of ether oxygens (including phenoxy) is 3. The number of fused-ring (bicyclic) bond motifs is 1. The number of amides is 2. The largest absolute Gasteiger partial charge is 0.497 e. The first-order valence-corrected chi connectivity index (χ1v) is 12.9. The molecule has 0 saturated carbocycles. The molecule has 36 heavy (non-hydrogen) atoms. The number of benzene rings is 2. The molecule has 2 amide bonds. The van der Waals surface area contributed by atoms with Gasteiger partial charge in [0, 0.05) is 30.6 Å². The summed E-state index contributed by atoms with van der Waals surface area (Å²) in [7, 11) is 3.16. The van der Waals surface area contributed by atoms with E-state index in [0.29, 0.717) is 37.6 Å². The fraction of sp³-hybridized carbons (Fsp3) is 0.357. The number of aryl methyl sites for hydroxylation is 1. The minimum atomic E-state index is -0.219. The van der Waals surface area contributed by atoms with Crippen molar-refractivity contribution in [2.45, 2.75) is 19.4 Å². The Hall–Kier alpha value is -3.36. The maximum Gasteiger partial charge on any atom is 0.254 e. The molecule has 0 fully saturated rings. The van der Waals surface area contributed by atoms with Crippen LogP contribution in [0.5, 0.6) is 11.5 Å². The molecule has 0 bridgehead atoms. The zero-order chi connectivity index (χ0) is 25.5. The molecule has 0 saturated heterocycles.